The molecule has 0 aromatic carbocycles. The summed E-state index contributed by atoms with van der Waals surface area (Å²) >= 11 is 0. The van der Waals surface area contributed by atoms with Gasteiger partial charge in [0.2, 0.25) is 0 Å². The Kier molecular flexibility index (Phi) is 4.62. The van der Waals surface area contributed by atoms with Gasteiger partial charge in [-0.2, -0.15) is 5.10 Å². The number of likely N-dealkylation sites (N-methyl/N-ethyl adjacent to an activating group) is 1. The molecule has 0 spiro atoms. The molecule has 1 rings (SSSR count). The highest BCUT2D eigenvalue weighted by Gasteiger charge is 2.03. The third-order valence-corrected chi connectivity index (χ3v) is 2.31. The molecule has 0 atom stereocenters. The maximum atomic E-state index is 5.53. The highest BCUT2D eigenvalue weighted by atomic mass is 15.3. The smallest absolute Gasteiger partial charge is 0.0534 e. The fraction of sp³-hybridized carbons (Fsp3) is 0.700. The Morgan fingerprint density at radius 2 is 2.29 bits per heavy atom. The van der Waals surface area contributed by atoms with Crippen LogP contribution in [0.4, 0.5) is 0 Å². The molecule has 0 saturated heterocycles. The summed E-state index contributed by atoms with van der Waals surface area (Å²) in [6.45, 7) is 8.84. The molecule has 4 nitrogen and oxygen atoms in total. The topological polar surface area (TPSA) is 47.1 Å². The summed E-state index contributed by atoms with van der Waals surface area (Å²) in [6.07, 6.45) is 4.03. The molecule has 80 valence electrons. The number of nitrogens with zero attached hydrogens (tertiary/aromatic N) is 3. The highest BCUT2D eigenvalue weighted by molar-refractivity contribution is 5.03. The second kappa shape index (κ2) is 5.78. The van der Waals surface area contributed by atoms with Crippen LogP contribution in [0.1, 0.15) is 19.4 Å². The molecule has 0 saturated carbocycles. The van der Waals surface area contributed by atoms with Crippen molar-refractivity contribution in [2.45, 2.75) is 26.9 Å². The summed E-state index contributed by atoms with van der Waals surface area (Å²) in [5.74, 6) is 0. The third kappa shape index (κ3) is 3.12. The van der Waals surface area contributed by atoms with Crippen molar-refractivity contribution in [1.82, 2.24) is 14.7 Å². The van der Waals surface area contributed by atoms with Crippen molar-refractivity contribution in [3.63, 3.8) is 0 Å². The van der Waals surface area contributed by atoms with Crippen LogP contribution in [0.5, 0.6) is 0 Å². The van der Waals surface area contributed by atoms with Gasteiger partial charge in [0.05, 0.1) is 6.20 Å². The molecule has 0 radical (unpaired) electrons. The molecule has 1 aromatic rings. The van der Waals surface area contributed by atoms with Crippen LogP contribution in [0, 0.1) is 0 Å². The summed E-state index contributed by atoms with van der Waals surface area (Å²) < 4.78 is 1.95. The number of hydrogen-bond donors (Lipinski definition) is 1. The standard InChI is InChI=1S/C10H20N4/c1-3-13(6-5-11)8-10-7-12-14(4-2)9-10/h7,9H,3-6,8,11H2,1-2H3. The van der Waals surface area contributed by atoms with Gasteiger partial charge >= 0.3 is 0 Å². The Balaban J connectivity index is 2.48. The third-order valence-electron chi connectivity index (χ3n) is 2.31. The van der Waals surface area contributed by atoms with E-state index in [0.29, 0.717) is 0 Å². The summed E-state index contributed by atoms with van der Waals surface area (Å²) in [4.78, 5) is 2.32. The average Bonchev–Trinajstić information content (AvgIpc) is 2.65. The average molecular weight is 196 g/mol. The maximum absolute atomic E-state index is 5.53. The van der Waals surface area contributed by atoms with Crippen molar-refractivity contribution in [2.75, 3.05) is 19.6 Å². The Morgan fingerprint density at radius 1 is 1.50 bits per heavy atom. The van der Waals surface area contributed by atoms with E-state index in [-0.39, 0.29) is 0 Å². The van der Waals surface area contributed by atoms with Crippen LogP contribution >= 0.6 is 0 Å². The molecule has 4 heteroatoms. The van der Waals surface area contributed by atoms with E-state index in [2.05, 4.69) is 30.0 Å². The Labute approximate surface area is 85.7 Å². The van der Waals surface area contributed by atoms with Gasteiger partial charge in [0.15, 0.2) is 0 Å². The molecule has 2 N–H and O–H groups in total. The molecule has 1 aromatic heterocycles. The van der Waals surface area contributed by atoms with E-state index in [1.54, 1.807) is 0 Å². The molecular formula is C10H20N4. The first-order chi connectivity index (χ1) is 6.80. The zero-order valence-electron chi connectivity index (χ0n) is 9.11. The predicted octanol–water partition coefficient (Wildman–Crippen LogP) is 0.684. The van der Waals surface area contributed by atoms with Gasteiger partial charge < -0.3 is 5.73 Å². The van der Waals surface area contributed by atoms with Crippen LogP contribution in [-0.4, -0.2) is 34.3 Å². The fourth-order valence-corrected chi connectivity index (χ4v) is 1.45. The normalized spacial score (nSPS) is 11.1. The van der Waals surface area contributed by atoms with Crippen molar-refractivity contribution in [2.24, 2.45) is 5.73 Å². The molecule has 0 fully saturated rings. The number of aryl methyl sites for hydroxylation is 1. The van der Waals surface area contributed by atoms with Gasteiger partial charge in [-0.3, -0.25) is 9.58 Å². The van der Waals surface area contributed by atoms with E-state index in [0.717, 1.165) is 32.7 Å². The van der Waals surface area contributed by atoms with E-state index in [9.17, 15) is 0 Å². The first-order valence-electron chi connectivity index (χ1n) is 5.23. The minimum absolute atomic E-state index is 0.718. The second-order valence-electron chi connectivity index (χ2n) is 3.36. The van der Waals surface area contributed by atoms with Gasteiger partial charge in [0.1, 0.15) is 0 Å². The molecule has 0 aliphatic carbocycles. The van der Waals surface area contributed by atoms with Crippen LogP contribution in [0.25, 0.3) is 0 Å². The van der Waals surface area contributed by atoms with Gasteiger partial charge in [-0.05, 0) is 13.5 Å². The molecule has 0 aliphatic rings. The minimum Gasteiger partial charge on any atom is -0.329 e. The Morgan fingerprint density at radius 3 is 2.79 bits per heavy atom. The zero-order chi connectivity index (χ0) is 10.4. The highest BCUT2D eigenvalue weighted by Crippen LogP contribution is 2.02. The maximum Gasteiger partial charge on any atom is 0.0534 e. The quantitative estimate of drug-likeness (QED) is 0.728. The Bertz CT molecular complexity index is 256. The zero-order valence-corrected chi connectivity index (χ0v) is 9.11. The van der Waals surface area contributed by atoms with E-state index in [4.69, 9.17) is 5.73 Å². The summed E-state index contributed by atoms with van der Waals surface area (Å²) in [5, 5.41) is 4.24. The van der Waals surface area contributed by atoms with E-state index in [1.807, 2.05) is 10.9 Å². The van der Waals surface area contributed by atoms with Gasteiger partial charge in [-0.1, -0.05) is 6.92 Å². The van der Waals surface area contributed by atoms with Crippen molar-refractivity contribution in [1.29, 1.82) is 0 Å². The molecule has 14 heavy (non-hydrogen) atoms. The molecule has 0 amide bonds. The SMILES string of the molecule is CCN(CCN)Cc1cnn(CC)c1. The first-order valence-corrected chi connectivity index (χ1v) is 5.23. The lowest BCUT2D eigenvalue weighted by molar-refractivity contribution is 0.288. The van der Waals surface area contributed by atoms with Crippen molar-refractivity contribution in [3.8, 4) is 0 Å². The van der Waals surface area contributed by atoms with E-state index >= 15 is 0 Å². The Hall–Kier alpha value is -0.870. The van der Waals surface area contributed by atoms with Crippen LogP contribution < -0.4 is 5.73 Å². The molecule has 0 unspecified atom stereocenters. The number of nitrogens with two attached hydrogens (primary N) is 1. The van der Waals surface area contributed by atoms with E-state index in [1.165, 1.54) is 5.56 Å². The minimum atomic E-state index is 0.718. The van der Waals surface area contributed by atoms with Gasteiger partial charge in [-0.25, -0.2) is 0 Å². The first kappa shape index (κ1) is 11.2. The monoisotopic (exact) mass is 196 g/mol. The predicted molar refractivity (Wildman–Crippen MR) is 57.9 cm³/mol. The van der Waals surface area contributed by atoms with Crippen LogP contribution in [-0.2, 0) is 13.1 Å². The molecule has 0 bridgehead atoms. The van der Waals surface area contributed by atoms with E-state index < -0.39 is 0 Å². The lowest BCUT2D eigenvalue weighted by atomic mass is 10.3. The number of aromatic nitrogens is 2. The number of hydrogen-bond acceptors (Lipinski definition) is 3. The lowest BCUT2D eigenvalue weighted by Gasteiger charge is -2.17. The molecule has 1 heterocycles. The van der Waals surface area contributed by atoms with Gasteiger partial charge in [-0.15, -0.1) is 0 Å². The summed E-state index contributed by atoms with van der Waals surface area (Å²) in [7, 11) is 0. The lowest BCUT2D eigenvalue weighted by Crippen LogP contribution is -2.28. The largest absolute Gasteiger partial charge is 0.329 e. The van der Waals surface area contributed by atoms with Crippen LogP contribution in [0.2, 0.25) is 0 Å². The van der Waals surface area contributed by atoms with Crippen molar-refractivity contribution >= 4 is 0 Å². The van der Waals surface area contributed by atoms with Crippen LogP contribution in [0.3, 0.4) is 0 Å². The molecular weight excluding hydrogens is 176 g/mol. The van der Waals surface area contributed by atoms with Crippen molar-refractivity contribution < 1.29 is 0 Å². The molecule has 0 aliphatic heterocycles. The van der Waals surface area contributed by atoms with Gasteiger partial charge in [0, 0.05) is 37.9 Å². The number of rotatable bonds is 6. The summed E-state index contributed by atoms with van der Waals surface area (Å²) in [6, 6.07) is 0. The second-order valence-corrected chi connectivity index (χ2v) is 3.36. The fourth-order valence-electron chi connectivity index (χ4n) is 1.45. The van der Waals surface area contributed by atoms with Gasteiger partial charge in [0.25, 0.3) is 0 Å². The van der Waals surface area contributed by atoms with Crippen molar-refractivity contribution in [3.05, 3.63) is 18.0 Å². The summed E-state index contributed by atoms with van der Waals surface area (Å²) in [5.41, 5.74) is 6.79. The van der Waals surface area contributed by atoms with Crippen LogP contribution in [0.15, 0.2) is 12.4 Å².